The Morgan fingerprint density at radius 1 is 0.800 bits per heavy atom. The molecule has 72 valence electrons. The van der Waals surface area contributed by atoms with Crippen LogP contribution in [0.25, 0.3) is 21.7 Å². The number of fused-ring (bicyclic) bond motifs is 3. The first-order valence-electron chi connectivity index (χ1n) is 5.12. The zero-order valence-corrected chi connectivity index (χ0v) is 8.64. The second kappa shape index (κ2) is 3.06. The van der Waals surface area contributed by atoms with Gasteiger partial charge in [-0.25, -0.2) is 4.57 Å². The summed E-state index contributed by atoms with van der Waals surface area (Å²) < 4.78 is 2.18. The molecule has 0 saturated heterocycles. The van der Waals surface area contributed by atoms with Gasteiger partial charge in [-0.15, -0.1) is 0 Å². The second-order valence-corrected chi connectivity index (χ2v) is 3.84. The van der Waals surface area contributed by atoms with Gasteiger partial charge in [-0.1, -0.05) is 30.3 Å². The molecule has 3 rings (SSSR count). The zero-order chi connectivity index (χ0) is 10.3. The number of aryl methyl sites for hydroxylation is 1. The summed E-state index contributed by atoms with van der Waals surface area (Å²) in [4.78, 5) is 0. The Bertz CT molecular complexity index is 641. The lowest BCUT2D eigenvalue weighted by molar-refractivity contribution is -0.643. The van der Waals surface area contributed by atoms with Crippen molar-refractivity contribution in [3.63, 3.8) is 0 Å². The summed E-state index contributed by atoms with van der Waals surface area (Å²) >= 11 is 0. The van der Waals surface area contributed by atoms with Crippen LogP contribution in [0.15, 0.2) is 54.7 Å². The molecule has 0 fully saturated rings. The fraction of sp³-hybridized carbons (Fsp3) is 0.0714. The van der Waals surface area contributed by atoms with Crippen molar-refractivity contribution in [3.05, 3.63) is 54.7 Å². The molecule has 0 spiro atoms. The van der Waals surface area contributed by atoms with E-state index in [2.05, 4.69) is 66.3 Å². The molecule has 0 amide bonds. The molecule has 0 aliphatic heterocycles. The molecule has 1 heteroatoms. The third kappa shape index (κ3) is 1.20. The van der Waals surface area contributed by atoms with Gasteiger partial charge in [0.2, 0.25) is 5.52 Å². The minimum absolute atomic E-state index is 1.27. The van der Waals surface area contributed by atoms with Crippen LogP contribution in [0.2, 0.25) is 0 Å². The predicted molar refractivity (Wildman–Crippen MR) is 62.6 cm³/mol. The highest BCUT2D eigenvalue weighted by molar-refractivity contribution is 6.03. The van der Waals surface area contributed by atoms with Gasteiger partial charge in [-0.3, -0.25) is 0 Å². The Kier molecular flexibility index (Phi) is 1.72. The largest absolute Gasteiger partial charge is 0.212 e. The van der Waals surface area contributed by atoms with E-state index < -0.39 is 0 Å². The molecule has 0 unspecified atom stereocenters. The van der Waals surface area contributed by atoms with Crippen LogP contribution >= 0.6 is 0 Å². The van der Waals surface area contributed by atoms with Crippen LogP contribution < -0.4 is 4.57 Å². The number of para-hydroxylation sites is 1. The Morgan fingerprint density at radius 2 is 1.47 bits per heavy atom. The van der Waals surface area contributed by atoms with Gasteiger partial charge in [0.15, 0.2) is 6.20 Å². The molecule has 0 aliphatic carbocycles. The van der Waals surface area contributed by atoms with Gasteiger partial charge in [0, 0.05) is 16.8 Å². The number of aromatic nitrogens is 1. The summed E-state index contributed by atoms with van der Waals surface area (Å²) in [5, 5.41) is 3.93. The molecule has 0 bridgehead atoms. The van der Waals surface area contributed by atoms with Crippen LogP contribution in [0.5, 0.6) is 0 Å². The van der Waals surface area contributed by atoms with Crippen LogP contribution in [0.3, 0.4) is 0 Å². The fourth-order valence-corrected chi connectivity index (χ4v) is 2.14. The normalized spacial score (nSPS) is 11.0. The molecular weight excluding hydrogens is 182 g/mol. The molecule has 0 N–H and O–H groups in total. The number of nitrogens with zero attached hydrogens (tertiary/aromatic N) is 1. The molecule has 0 atom stereocenters. The number of hydrogen-bond acceptors (Lipinski definition) is 0. The van der Waals surface area contributed by atoms with Gasteiger partial charge in [0.05, 0.1) is 5.39 Å². The first-order valence-corrected chi connectivity index (χ1v) is 5.12. The number of benzene rings is 2. The number of hydrogen-bond donors (Lipinski definition) is 0. The maximum absolute atomic E-state index is 2.18. The van der Waals surface area contributed by atoms with E-state index in [1.54, 1.807) is 0 Å². The summed E-state index contributed by atoms with van der Waals surface area (Å²) in [6, 6.07) is 17.0. The lowest BCUT2D eigenvalue weighted by Crippen LogP contribution is -2.28. The van der Waals surface area contributed by atoms with E-state index in [-0.39, 0.29) is 0 Å². The van der Waals surface area contributed by atoms with Gasteiger partial charge < -0.3 is 0 Å². The van der Waals surface area contributed by atoms with Crippen molar-refractivity contribution >= 4 is 21.7 Å². The van der Waals surface area contributed by atoms with Gasteiger partial charge in [0.25, 0.3) is 0 Å². The van der Waals surface area contributed by atoms with Crippen molar-refractivity contribution in [3.8, 4) is 0 Å². The maximum Gasteiger partial charge on any atom is 0.212 e. The Hall–Kier alpha value is -1.89. The first kappa shape index (κ1) is 8.42. The molecule has 0 radical (unpaired) electrons. The summed E-state index contributed by atoms with van der Waals surface area (Å²) in [6.07, 6.45) is 2.18. The van der Waals surface area contributed by atoms with E-state index >= 15 is 0 Å². The van der Waals surface area contributed by atoms with Crippen molar-refractivity contribution in [2.24, 2.45) is 7.05 Å². The topological polar surface area (TPSA) is 3.88 Å². The fourth-order valence-electron chi connectivity index (χ4n) is 2.14. The van der Waals surface area contributed by atoms with E-state index in [4.69, 9.17) is 0 Å². The smallest absolute Gasteiger partial charge is 0.200 e. The van der Waals surface area contributed by atoms with E-state index in [1.165, 1.54) is 21.7 Å². The molecular formula is C14H12N+. The Labute approximate surface area is 88.6 Å². The maximum atomic E-state index is 2.18. The van der Waals surface area contributed by atoms with Gasteiger partial charge >= 0.3 is 0 Å². The molecule has 3 aromatic rings. The van der Waals surface area contributed by atoms with Crippen LogP contribution in [-0.2, 0) is 7.05 Å². The highest BCUT2D eigenvalue weighted by atomic mass is 14.9. The van der Waals surface area contributed by atoms with Gasteiger partial charge in [-0.05, 0) is 12.1 Å². The second-order valence-electron chi connectivity index (χ2n) is 3.84. The Balaban J connectivity index is 2.64. The van der Waals surface area contributed by atoms with Crippen molar-refractivity contribution in [1.29, 1.82) is 0 Å². The average Bonchev–Trinajstić information content (AvgIpc) is 2.30. The van der Waals surface area contributed by atoms with E-state index in [0.717, 1.165) is 0 Å². The molecule has 2 aromatic carbocycles. The van der Waals surface area contributed by atoms with Crippen molar-refractivity contribution < 1.29 is 4.57 Å². The third-order valence-electron chi connectivity index (χ3n) is 2.87. The molecule has 1 nitrogen and oxygen atoms in total. The van der Waals surface area contributed by atoms with Crippen LogP contribution in [0, 0.1) is 0 Å². The summed E-state index contributed by atoms with van der Waals surface area (Å²) in [5.74, 6) is 0. The quantitative estimate of drug-likeness (QED) is 0.383. The first-order chi connectivity index (χ1) is 7.36. The molecule has 1 aromatic heterocycles. The summed E-state index contributed by atoms with van der Waals surface area (Å²) in [6.45, 7) is 0. The van der Waals surface area contributed by atoms with Crippen molar-refractivity contribution in [2.45, 2.75) is 0 Å². The minimum atomic E-state index is 1.27. The number of pyridine rings is 1. The van der Waals surface area contributed by atoms with E-state index in [0.29, 0.717) is 0 Å². The van der Waals surface area contributed by atoms with Crippen LogP contribution in [-0.4, -0.2) is 0 Å². The molecule has 1 heterocycles. The molecule has 0 aliphatic rings. The highest BCUT2D eigenvalue weighted by Crippen LogP contribution is 2.21. The lowest BCUT2D eigenvalue weighted by atomic mass is 10.1. The minimum Gasteiger partial charge on any atom is -0.200 e. The highest BCUT2D eigenvalue weighted by Gasteiger charge is 2.07. The van der Waals surface area contributed by atoms with Crippen LogP contribution in [0.4, 0.5) is 0 Å². The van der Waals surface area contributed by atoms with E-state index in [9.17, 15) is 0 Å². The van der Waals surface area contributed by atoms with Crippen LogP contribution in [0.1, 0.15) is 0 Å². The molecule has 0 saturated carbocycles. The van der Waals surface area contributed by atoms with Gasteiger partial charge in [0.1, 0.15) is 7.05 Å². The predicted octanol–water partition coefficient (Wildman–Crippen LogP) is 2.82. The third-order valence-corrected chi connectivity index (χ3v) is 2.87. The number of rotatable bonds is 0. The monoisotopic (exact) mass is 194 g/mol. The summed E-state index contributed by atoms with van der Waals surface area (Å²) in [5.41, 5.74) is 1.27. The van der Waals surface area contributed by atoms with E-state index in [1.807, 2.05) is 0 Å². The van der Waals surface area contributed by atoms with Crippen molar-refractivity contribution in [2.75, 3.05) is 0 Å². The standard InChI is InChI=1S/C14H12N/c1-15-10-11-6-2-3-7-12(11)13-8-4-5-9-14(13)15/h2-10H,1H3/q+1. The Morgan fingerprint density at radius 3 is 2.33 bits per heavy atom. The average molecular weight is 194 g/mol. The van der Waals surface area contributed by atoms with Gasteiger partial charge in [-0.2, -0.15) is 0 Å². The lowest BCUT2D eigenvalue weighted by Gasteiger charge is -2.01. The van der Waals surface area contributed by atoms with Crippen molar-refractivity contribution in [1.82, 2.24) is 0 Å². The zero-order valence-electron chi connectivity index (χ0n) is 8.64. The summed E-state index contributed by atoms with van der Waals surface area (Å²) in [7, 11) is 2.09. The molecule has 15 heavy (non-hydrogen) atoms. The SMILES string of the molecule is C[n+]1cc2ccccc2c2ccccc21.